The van der Waals surface area contributed by atoms with E-state index >= 15 is 0 Å². The zero-order valence-corrected chi connectivity index (χ0v) is 15.2. The number of aromatic amines is 1. The van der Waals surface area contributed by atoms with Crippen LogP contribution in [0, 0.1) is 11.6 Å². The van der Waals surface area contributed by atoms with Gasteiger partial charge in [0.25, 0.3) is 0 Å². The topological polar surface area (TPSA) is 128 Å². The minimum absolute atomic E-state index is 0.0736. The molecular formula is C20H13F2N7O. The molecule has 0 spiro atoms. The normalized spacial score (nSPS) is 11.4. The third-order valence-electron chi connectivity index (χ3n) is 4.79. The van der Waals surface area contributed by atoms with Crippen molar-refractivity contribution in [2.75, 3.05) is 5.73 Å². The summed E-state index contributed by atoms with van der Waals surface area (Å²) in [6, 6.07) is 7.12. The number of nitrogens with one attached hydrogen (secondary N) is 1. The maximum absolute atomic E-state index is 14.3. The van der Waals surface area contributed by atoms with Gasteiger partial charge in [-0.3, -0.25) is 9.78 Å². The molecule has 10 heteroatoms. The molecule has 0 saturated heterocycles. The van der Waals surface area contributed by atoms with Gasteiger partial charge in [-0.1, -0.05) is 0 Å². The van der Waals surface area contributed by atoms with Crippen LogP contribution in [0.15, 0.2) is 49.1 Å². The van der Waals surface area contributed by atoms with E-state index in [0.717, 1.165) is 12.1 Å². The van der Waals surface area contributed by atoms with E-state index in [1.807, 2.05) is 0 Å². The summed E-state index contributed by atoms with van der Waals surface area (Å²) < 4.78 is 30.1. The molecule has 0 unspecified atom stereocenters. The Balaban J connectivity index is 1.62. The monoisotopic (exact) mass is 405 g/mol. The summed E-state index contributed by atoms with van der Waals surface area (Å²) in [7, 11) is 0. The quantitative estimate of drug-likeness (QED) is 0.398. The summed E-state index contributed by atoms with van der Waals surface area (Å²) in [4.78, 5) is 27.5. The highest BCUT2D eigenvalue weighted by Crippen LogP contribution is 2.30. The number of halogens is 2. The van der Waals surface area contributed by atoms with Crippen molar-refractivity contribution in [1.82, 2.24) is 24.3 Å². The summed E-state index contributed by atoms with van der Waals surface area (Å²) in [5.74, 6) is -1.73. The summed E-state index contributed by atoms with van der Waals surface area (Å²) in [6.07, 6.45) is 4.39. The Bertz CT molecular complexity index is 1470. The first-order valence-corrected chi connectivity index (χ1v) is 8.79. The van der Waals surface area contributed by atoms with Crippen LogP contribution in [0.4, 0.5) is 14.5 Å². The van der Waals surface area contributed by atoms with E-state index in [2.05, 4.69) is 19.9 Å². The van der Waals surface area contributed by atoms with E-state index in [1.54, 1.807) is 22.6 Å². The number of aromatic nitrogens is 5. The molecule has 0 aliphatic heterocycles. The fourth-order valence-electron chi connectivity index (χ4n) is 3.29. The van der Waals surface area contributed by atoms with Crippen LogP contribution in [0.1, 0.15) is 10.4 Å². The van der Waals surface area contributed by atoms with Gasteiger partial charge in [-0.25, -0.2) is 18.7 Å². The van der Waals surface area contributed by atoms with Crippen LogP contribution in [0.25, 0.3) is 39.3 Å². The molecule has 1 amide bonds. The van der Waals surface area contributed by atoms with Crippen LogP contribution in [-0.4, -0.2) is 30.2 Å². The van der Waals surface area contributed by atoms with E-state index in [1.165, 1.54) is 18.7 Å². The van der Waals surface area contributed by atoms with Crippen molar-refractivity contribution < 1.29 is 13.6 Å². The van der Waals surface area contributed by atoms with Gasteiger partial charge in [-0.2, -0.15) is 0 Å². The average Bonchev–Trinajstić information content (AvgIpc) is 3.33. The molecule has 3 heterocycles. The number of rotatable bonds is 3. The minimum atomic E-state index is -0.871. The number of nitrogen functional groups attached to an aromatic ring is 1. The Morgan fingerprint density at radius 3 is 2.77 bits per heavy atom. The molecule has 148 valence electrons. The highest BCUT2D eigenvalue weighted by molar-refractivity contribution is 5.96. The Hall–Kier alpha value is -4.34. The maximum atomic E-state index is 14.3. The van der Waals surface area contributed by atoms with E-state index in [4.69, 9.17) is 11.5 Å². The van der Waals surface area contributed by atoms with Gasteiger partial charge >= 0.3 is 0 Å². The van der Waals surface area contributed by atoms with E-state index in [-0.39, 0.29) is 16.9 Å². The number of benzene rings is 2. The highest BCUT2D eigenvalue weighted by Gasteiger charge is 2.18. The van der Waals surface area contributed by atoms with Crippen molar-refractivity contribution in [1.29, 1.82) is 0 Å². The molecule has 2 aromatic carbocycles. The van der Waals surface area contributed by atoms with Gasteiger partial charge in [0.2, 0.25) is 5.91 Å². The summed E-state index contributed by atoms with van der Waals surface area (Å²) >= 11 is 0. The van der Waals surface area contributed by atoms with Crippen LogP contribution < -0.4 is 11.5 Å². The van der Waals surface area contributed by atoms with Crippen molar-refractivity contribution >= 4 is 28.1 Å². The molecule has 30 heavy (non-hydrogen) atoms. The molecule has 0 fully saturated rings. The number of hydrogen-bond donors (Lipinski definition) is 3. The van der Waals surface area contributed by atoms with Crippen LogP contribution >= 0.6 is 0 Å². The summed E-state index contributed by atoms with van der Waals surface area (Å²) in [5.41, 5.74) is 13.1. The number of carbonyl (C=O) groups is 1. The lowest BCUT2D eigenvalue weighted by Crippen LogP contribution is -2.10. The van der Waals surface area contributed by atoms with Crippen molar-refractivity contribution in [3.63, 3.8) is 0 Å². The first kappa shape index (κ1) is 17.7. The molecule has 3 aromatic heterocycles. The first-order valence-electron chi connectivity index (χ1n) is 8.79. The number of nitrogens with two attached hydrogens (primary N) is 2. The predicted octanol–water partition coefficient (Wildman–Crippen LogP) is 2.90. The van der Waals surface area contributed by atoms with Crippen molar-refractivity contribution in [2.45, 2.75) is 0 Å². The standard InChI is InChI=1S/C20H13F2N7O/c21-10-2-3-11(23)17(22)16(10)14-7-29-8-26-18(15(29)6-25-14)20-27-12-4-1-9(19(24)30)5-13(12)28-20/h1-8H,23H2,(H2,24,30)(H,27,28). The molecule has 0 atom stereocenters. The zero-order chi connectivity index (χ0) is 21.0. The summed E-state index contributed by atoms with van der Waals surface area (Å²) in [6.45, 7) is 0. The van der Waals surface area contributed by atoms with Gasteiger partial charge < -0.3 is 20.9 Å². The maximum Gasteiger partial charge on any atom is 0.248 e. The van der Waals surface area contributed by atoms with E-state index < -0.39 is 17.5 Å². The summed E-state index contributed by atoms with van der Waals surface area (Å²) in [5, 5.41) is 0. The lowest BCUT2D eigenvalue weighted by molar-refractivity contribution is 0.100. The van der Waals surface area contributed by atoms with Crippen molar-refractivity contribution in [3.05, 3.63) is 66.3 Å². The fraction of sp³-hybridized carbons (Fsp3) is 0. The second-order valence-electron chi connectivity index (χ2n) is 6.67. The molecule has 5 N–H and O–H groups in total. The Labute approximate surface area is 167 Å². The number of primary amides is 1. The predicted molar refractivity (Wildman–Crippen MR) is 106 cm³/mol. The number of imidazole rings is 2. The van der Waals surface area contributed by atoms with Gasteiger partial charge in [-0.15, -0.1) is 0 Å². The molecule has 0 aliphatic rings. The van der Waals surface area contributed by atoms with Crippen LogP contribution in [-0.2, 0) is 0 Å². The molecule has 0 bridgehead atoms. The molecule has 0 aliphatic carbocycles. The van der Waals surface area contributed by atoms with Crippen LogP contribution in [0.2, 0.25) is 0 Å². The van der Waals surface area contributed by atoms with E-state index in [9.17, 15) is 13.6 Å². The second-order valence-corrected chi connectivity index (χ2v) is 6.67. The molecule has 5 rings (SSSR count). The Kier molecular flexibility index (Phi) is 3.75. The van der Waals surface area contributed by atoms with Gasteiger partial charge in [-0.05, 0) is 30.3 Å². The van der Waals surface area contributed by atoms with Gasteiger partial charge in [0.15, 0.2) is 11.6 Å². The van der Waals surface area contributed by atoms with Gasteiger partial charge in [0.1, 0.15) is 17.8 Å². The Morgan fingerprint density at radius 1 is 1.13 bits per heavy atom. The fourth-order valence-corrected chi connectivity index (χ4v) is 3.29. The molecular weight excluding hydrogens is 392 g/mol. The molecule has 8 nitrogen and oxygen atoms in total. The van der Waals surface area contributed by atoms with Gasteiger partial charge in [0, 0.05) is 11.8 Å². The second kappa shape index (κ2) is 6.34. The Morgan fingerprint density at radius 2 is 1.97 bits per heavy atom. The highest BCUT2D eigenvalue weighted by atomic mass is 19.1. The largest absolute Gasteiger partial charge is 0.396 e. The molecule has 0 saturated carbocycles. The number of amides is 1. The number of hydrogen-bond acceptors (Lipinski definition) is 5. The molecule has 0 radical (unpaired) electrons. The van der Waals surface area contributed by atoms with E-state index in [0.29, 0.717) is 33.6 Å². The minimum Gasteiger partial charge on any atom is -0.396 e. The smallest absolute Gasteiger partial charge is 0.248 e. The number of anilines is 1. The lowest BCUT2D eigenvalue weighted by Gasteiger charge is -2.07. The van der Waals surface area contributed by atoms with Crippen molar-refractivity contribution in [2.24, 2.45) is 5.73 Å². The van der Waals surface area contributed by atoms with Crippen LogP contribution in [0.5, 0.6) is 0 Å². The first-order chi connectivity index (χ1) is 14.4. The lowest BCUT2D eigenvalue weighted by atomic mass is 10.1. The van der Waals surface area contributed by atoms with Gasteiger partial charge in [0.05, 0.1) is 39.7 Å². The van der Waals surface area contributed by atoms with Crippen molar-refractivity contribution in [3.8, 4) is 22.8 Å². The number of carbonyl (C=O) groups excluding carboxylic acids is 1. The SMILES string of the molecule is NC(=O)c1ccc2nc(-c3ncn4cc(-c5c(F)ccc(N)c5F)ncc34)[nH]c2c1. The molecule has 5 aromatic rings. The third kappa shape index (κ3) is 2.65. The number of nitrogens with zero attached hydrogens (tertiary/aromatic N) is 4. The van der Waals surface area contributed by atoms with Crippen LogP contribution in [0.3, 0.4) is 0 Å². The number of H-pyrrole nitrogens is 1. The third-order valence-corrected chi connectivity index (χ3v) is 4.79. The average molecular weight is 405 g/mol. The zero-order valence-electron chi connectivity index (χ0n) is 15.2. The number of fused-ring (bicyclic) bond motifs is 2.